The van der Waals surface area contributed by atoms with E-state index < -0.39 is 0 Å². The highest BCUT2D eigenvalue weighted by atomic mass is 32.2. The number of fused-ring (bicyclic) bond motifs is 1. The van der Waals surface area contributed by atoms with Gasteiger partial charge < -0.3 is 0 Å². The molecule has 2 aromatic carbocycles. The molecule has 2 aliphatic rings. The van der Waals surface area contributed by atoms with Crippen LogP contribution in [-0.2, 0) is 16.6 Å². The van der Waals surface area contributed by atoms with E-state index in [1.165, 1.54) is 32.7 Å². The molecule has 0 aliphatic carbocycles. The molecular weight excluding hydrogens is 423 g/mol. The summed E-state index contributed by atoms with van der Waals surface area (Å²) in [5.74, 6) is 0.0461. The van der Waals surface area contributed by atoms with Gasteiger partial charge in [-0.2, -0.15) is 0 Å². The maximum atomic E-state index is 13.0. The molecule has 0 N–H and O–H groups in total. The summed E-state index contributed by atoms with van der Waals surface area (Å²) in [4.78, 5) is 18.0. The minimum absolute atomic E-state index is 0.0461. The fourth-order valence-corrected chi connectivity index (χ4v) is 7.08. The Morgan fingerprint density at radius 3 is 2.39 bits per heavy atom. The lowest BCUT2D eigenvalue weighted by molar-refractivity contribution is -0.122. The van der Waals surface area contributed by atoms with E-state index in [0.717, 1.165) is 15.6 Å². The Balaban J connectivity index is 1.52. The molecule has 2 aliphatic heterocycles. The first kappa shape index (κ1) is 20.1. The molecule has 2 heterocycles. The first-order valence-electron chi connectivity index (χ1n) is 9.15. The molecule has 0 bridgehead atoms. The summed E-state index contributed by atoms with van der Waals surface area (Å²) in [5.41, 5.74) is 2.65. The second-order valence-electron chi connectivity index (χ2n) is 7.79. The highest BCUT2D eigenvalue weighted by Gasteiger charge is 2.36. The zero-order chi connectivity index (χ0) is 19.9. The van der Waals surface area contributed by atoms with Crippen LogP contribution in [0.2, 0.25) is 0 Å². The molecule has 0 spiro atoms. The monoisotopic (exact) mass is 443 g/mol. The van der Waals surface area contributed by atoms with Gasteiger partial charge in [0, 0.05) is 16.3 Å². The molecule has 6 heteroatoms. The van der Waals surface area contributed by atoms with Crippen molar-refractivity contribution in [1.29, 1.82) is 0 Å². The first-order chi connectivity index (χ1) is 13.3. The van der Waals surface area contributed by atoms with Crippen LogP contribution in [0.3, 0.4) is 0 Å². The van der Waals surface area contributed by atoms with E-state index in [1.54, 1.807) is 28.4 Å². The van der Waals surface area contributed by atoms with Crippen molar-refractivity contribution in [2.24, 2.45) is 0 Å². The average molecular weight is 444 g/mol. The molecule has 144 valence electrons. The Kier molecular flexibility index (Phi) is 5.67. The number of rotatable bonds is 3. The molecule has 28 heavy (non-hydrogen) atoms. The molecule has 1 fully saturated rings. The number of nitrogens with zero attached hydrogens (tertiary/aromatic N) is 1. The predicted octanol–water partition coefficient (Wildman–Crippen LogP) is 6.45. The summed E-state index contributed by atoms with van der Waals surface area (Å²) >= 11 is 10.3. The van der Waals surface area contributed by atoms with Gasteiger partial charge in [0.1, 0.15) is 9.23 Å². The third-order valence-corrected chi connectivity index (χ3v) is 8.97. The minimum atomic E-state index is 0.0461. The molecule has 0 aromatic heterocycles. The highest BCUT2D eigenvalue weighted by molar-refractivity contribution is 8.30. The first-order valence-corrected chi connectivity index (χ1v) is 12.0. The van der Waals surface area contributed by atoms with Crippen molar-refractivity contribution >= 4 is 57.7 Å². The lowest BCUT2D eigenvalue weighted by atomic mass is 9.87. The molecule has 0 unspecified atom stereocenters. The summed E-state index contributed by atoms with van der Waals surface area (Å²) in [6.45, 7) is 7.29. The highest BCUT2D eigenvalue weighted by Crippen LogP contribution is 2.55. The van der Waals surface area contributed by atoms with Crippen LogP contribution in [0.15, 0.2) is 67.5 Å². The Bertz CT molecular complexity index is 976. The van der Waals surface area contributed by atoms with Crippen LogP contribution in [0, 0.1) is 0 Å². The van der Waals surface area contributed by atoms with Crippen LogP contribution in [0.25, 0.3) is 0 Å². The van der Waals surface area contributed by atoms with Crippen molar-refractivity contribution in [3.05, 3.63) is 68.8 Å². The van der Waals surface area contributed by atoms with Gasteiger partial charge in [-0.05, 0) is 35.1 Å². The van der Waals surface area contributed by atoms with Crippen LogP contribution in [-0.4, -0.2) is 21.7 Å². The molecule has 0 atom stereocenters. The van der Waals surface area contributed by atoms with E-state index in [9.17, 15) is 4.79 Å². The number of thioether (sulfide) groups is 3. The molecular formula is C22H21NOS4. The quantitative estimate of drug-likeness (QED) is 0.400. The van der Waals surface area contributed by atoms with E-state index in [1.807, 2.05) is 18.2 Å². The van der Waals surface area contributed by atoms with Gasteiger partial charge in [-0.15, -0.1) is 0 Å². The van der Waals surface area contributed by atoms with Gasteiger partial charge >= 0.3 is 0 Å². The maximum Gasteiger partial charge on any atom is 0.267 e. The van der Waals surface area contributed by atoms with Crippen molar-refractivity contribution < 1.29 is 4.79 Å². The second-order valence-corrected chi connectivity index (χ2v) is 11.8. The Hall–Kier alpha value is -1.21. The molecule has 0 saturated carbocycles. The van der Waals surface area contributed by atoms with Gasteiger partial charge in [-0.1, -0.05) is 105 Å². The maximum absolute atomic E-state index is 13.0. The van der Waals surface area contributed by atoms with E-state index in [2.05, 4.69) is 51.1 Å². The molecule has 4 rings (SSSR count). The number of benzene rings is 2. The number of hydrogen-bond donors (Lipinski definition) is 0. The minimum Gasteiger partial charge on any atom is -0.293 e. The lowest BCUT2D eigenvalue weighted by Gasteiger charge is -2.19. The molecule has 0 radical (unpaired) electrons. The number of carbonyl (C=O) groups excluding carboxylic acids is 1. The van der Waals surface area contributed by atoms with E-state index in [4.69, 9.17) is 12.2 Å². The second kappa shape index (κ2) is 7.90. The molecule has 2 aromatic rings. The number of thiocarbonyl (C=S) groups is 1. The third-order valence-electron chi connectivity index (χ3n) is 4.72. The average Bonchev–Trinajstić information content (AvgIpc) is 3.20. The lowest BCUT2D eigenvalue weighted by Crippen LogP contribution is -2.30. The van der Waals surface area contributed by atoms with Gasteiger partial charge in [0.05, 0.1) is 4.24 Å². The number of carbonyl (C=O) groups is 1. The van der Waals surface area contributed by atoms with Crippen LogP contribution < -0.4 is 0 Å². The predicted molar refractivity (Wildman–Crippen MR) is 126 cm³/mol. The van der Waals surface area contributed by atoms with Gasteiger partial charge in [-0.25, -0.2) is 0 Å². The van der Waals surface area contributed by atoms with E-state index in [0.29, 0.717) is 10.9 Å². The van der Waals surface area contributed by atoms with Crippen molar-refractivity contribution in [2.75, 3.05) is 6.54 Å². The van der Waals surface area contributed by atoms with Gasteiger partial charge in [-0.3, -0.25) is 9.69 Å². The van der Waals surface area contributed by atoms with Crippen LogP contribution >= 0.6 is 47.5 Å². The summed E-state index contributed by atoms with van der Waals surface area (Å²) in [6.07, 6.45) is 0.811. The zero-order valence-electron chi connectivity index (χ0n) is 16.0. The topological polar surface area (TPSA) is 20.3 Å². The van der Waals surface area contributed by atoms with Gasteiger partial charge in [0.2, 0.25) is 0 Å². The standard InChI is InChI=1S/C22H21NOS4/c1-22(2,3)15-9-10-16-17(13-15)27-20(26-16)18-19(24)23(21(25)28-18)12-11-14-7-5-4-6-8-14/h4-10,13H,11-12H2,1-3H3. The SMILES string of the molecule is CC(C)(C)c1ccc2c(c1)SC(=C1SC(=S)N(CCc3ccccc3)C1=O)S2. The molecule has 1 amide bonds. The van der Waals surface area contributed by atoms with Gasteiger partial charge in [0.15, 0.2) is 0 Å². The van der Waals surface area contributed by atoms with E-state index in [-0.39, 0.29) is 11.3 Å². The van der Waals surface area contributed by atoms with Crippen LogP contribution in [0.4, 0.5) is 0 Å². The largest absolute Gasteiger partial charge is 0.293 e. The van der Waals surface area contributed by atoms with E-state index >= 15 is 0 Å². The van der Waals surface area contributed by atoms with Crippen molar-refractivity contribution in [3.8, 4) is 0 Å². The van der Waals surface area contributed by atoms with Gasteiger partial charge in [0.25, 0.3) is 5.91 Å². The van der Waals surface area contributed by atoms with Crippen LogP contribution in [0.5, 0.6) is 0 Å². The van der Waals surface area contributed by atoms with Crippen molar-refractivity contribution in [3.63, 3.8) is 0 Å². The summed E-state index contributed by atoms with van der Waals surface area (Å²) in [5, 5.41) is 0. The summed E-state index contributed by atoms with van der Waals surface area (Å²) < 4.78 is 1.72. The number of hydrogen-bond acceptors (Lipinski definition) is 5. The fourth-order valence-electron chi connectivity index (χ4n) is 3.05. The van der Waals surface area contributed by atoms with Crippen molar-refractivity contribution in [2.45, 2.75) is 42.4 Å². The Morgan fingerprint density at radius 1 is 0.964 bits per heavy atom. The number of amides is 1. The Morgan fingerprint density at radius 2 is 1.68 bits per heavy atom. The molecule has 1 saturated heterocycles. The zero-order valence-corrected chi connectivity index (χ0v) is 19.3. The normalized spacial score (nSPS) is 19.5. The smallest absolute Gasteiger partial charge is 0.267 e. The Labute approximate surface area is 184 Å². The summed E-state index contributed by atoms with van der Waals surface area (Å²) in [6, 6.07) is 16.9. The fraction of sp³-hybridized carbons (Fsp3) is 0.273. The van der Waals surface area contributed by atoms with Crippen molar-refractivity contribution in [1.82, 2.24) is 4.90 Å². The molecule has 2 nitrogen and oxygen atoms in total. The van der Waals surface area contributed by atoms with Crippen LogP contribution in [0.1, 0.15) is 31.9 Å². The third kappa shape index (κ3) is 4.06. The summed E-state index contributed by atoms with van der Waals surface area (Å²) in [7, 11) is 0.